The quantitative estimate of drug-likeness (QED) is 0.571. The monoisotopic (exact) mass is 462 g/mol. The molecule has 1 aliphatic heterocycles. The molecule has 6 nitrogen and oxygen atoms in total. The van der Waals surface area contributed by atoms with E-state index in [4.69, 9.17) is 5.73 Å². The molecular formula is C26H30N4O2S. The van der Waals surface area contributed by atoms with Gasteiger partial charge in [-0.15, -0.1) is 11.3 Å². The van der Waals surface area contributed by atoms with Crippen LogP contribution in [-0.2, 0) is 24.2 Å². The standard InChI is InChI=1S/C26H30N4O2S/c27-24(31)19-10-14-29(15-11-19)17-18-6-5-7-20(16-18)28-25(32)23-21-8-1-2-9-22(21)33-26(23)30-12-3-4-13-30/h3-7,12-13,16,19H,1-2,8-11,14-15,17H2,(H2,27,31)(H,28,32). The number of nitrogens with two attached hydrogens (primary N) is 1. The Morgan fingerprint density at radius 1 is 1.06 bits per heavy atom. The third kappa shape index (κ3) is 4.75. The van der Waals surface area contributed by atoms with Crippen LogP contribution in [0.1, 0.15) is 52.0 Å². The number of aromatic nitrogens is 1. The van der Waals surface area contributed by atoms with Gasteiger partial charge < -0.3 is 15.6 Å². The fourth-order valence-electron chi connectivity index (χ4n) is 5.01. The lowest BCUT2D eigenvalue weighted by Crippen LogP contribution is -2.38. The van der Waals surface area contributed by atoms with Gasteiger partial charge in [-0.1, -0.05) is 12.1 Å². The molecule has 1 saturated heterocycles. The zero-order valence-corrected chi connectivity index (χ0v) is 19.6. The third-order valence-electron chi connectivity index (χ3n) is 6.80. The summed E-state index contributed by atoms with van der Waals surface area (Å²) in [6.45, 7) is 2.54. The van der Waals surface area contributed by atoms with Crippen molar-refractivity contribution in [2.24, 2.45) is 11.7 Å². The number of carbonyl (C=O) groups excluding carboxylic acids is 2. The zero-order valence-electron chi connectivity index (χ0n) is 18.8. The lowest BCUT2D eigenvalue weighted by atomic mass is 9.95. The molecule has 7 heteroatoms. The number of thiophene rings is 1. The Morgan fingerprint density at radius 3 is 2.58 bits per heavy atom. The third-order valence-corrected chi connectivity index (χ3v) is 8.10. The first-order valence-corrected chi connectivity index (χ1v) is 12.6. The van der Waals surface area contributed by atoms with Crippen LogP contribution in [0.5, 0.6) is 0 Å². The van der Waals surface area contributed by atoms with Gasteiger partial charge in [-0.05, 0) is 87.0 Å². The largest absolute Gasteiger partial charge is 0.369 e. The molecule has 5 rings (SSSR count). The highest BCUT2D eigenvalue weighted by atomic mass is 32.1. The summed E-state index contributed by atoms with van der Waals surface area (Å²) in [5.41, 5.74) is 9.48. The lowest BCUT2D eigenvalue weighted by molar-refractivity contribution is -0.123. The van der Waals surface area contributed by atoms with Gasteiger partial charge in [0, 0.05) is 35.4 Å². The molecule has 0 radical (unpaired) electrons. The topological polar surface area (TPSA) is 80.4 Å². The molecule has 0 atom stereocenters. The van der Waals surface area contributed by atoms with Crippen molar-refractivity contribution >= 4 is 28.8 Å². The van der Waals surface area contributed by atoms with Gasteiger partial charge in [-0.25, -0.2) is 0 Å². The molecule has 2 amide bonds. The molecular weight excluding hydrogens is 432 g/mol. The summed E-state index contributed by atoms with van der Waals surface area (Å²) >= 11 is 1.75. The molecule has 1 aliphatic carbocycles. The van der Waals surface area contributed by atoms with E-state index in [-0.39, 0.29) is 17.7 Å². The van der Waals surface area contributed by atoms with Crippen LogP contribution in [0.2, 0.25) is 0 Å². The van der Waals surface area contributed by atoms with E-state index in [9.17, 15) is 9.59 Å². The first kappa shape index (κ1) is 21.9. The molecule has 2 aromatic heterocycles. The molecule has 3 aromatic rings. The van der Waals surface area contributed by atoms with Crippen molar-refractivity contribution in [3.8, 4) is 5.00 Å². The lowest BCUT2D eigenvalue weighted by Gasteiger charge is -2.30. The Bertz CT molecular complexity index is 1140. The van der Waals surface area contributed by atoms with Crippen molar-refractivity contribution < 1.29 is 9.59 Å². The zero-order chi connectivity index (χ0) is 22.8. The van der Waals surface area contributed by atoms with E-state index in [1.807, 2.05) is 36.7 Å². The maximum Gasteiger partial charge on any atom is 0.258 e. The van der Waals surface area contributed by atoms with Crippen LogP contribution in [0.15, 0.2) is 48.8 Å². The van der Waals surface area contributed by atoms with Crippen LogP contribution in [0.3, 0.4) is 0 Å². The number of carbonyl (C=O) groups is 2. The number of hydrogen-bond donors (Lipinski definition) is 2. The van der Waals surface area contributed by atoms with Gasteiger partial charge in [0.05, 0.1) is 5.56 Å². The number of amides is 2. The van der Waals surface area contributed by atoms with E-state index in [1.165, 1.54) is 16.9 Å². The number of aryl methyl sites for hydroxylation is 1. The van der Waals surface area contributed by atoms with Crippen LogP contribution in [0.25, 0.3) is 5.00 Å². The summed E-state index contributed by atoms with van der Waals surface area (Å²) in [6, 6.07) is 12.1. The molecule has 3 N–H and O–H groups in total. The average Bonchev–Trinajstić information content (AvgIpc) is 3.47. The van der Waals surface area contributed by atoms with Gasteiger partial charge >= 0.3 is 0 Å². The Hall–Kier alpha value is -2.90. The van der Waals surface area contributed by atoms with Crippen molar-refractivity contribution in [2.45, 2.75) is 45.1 Å². The number of nitrogens with zero attached hydrogens (tertiary/aromatic N) is 2. The minimum atomic E-state index is -0.186. The smallest absolute Gasteiger partial charge is 0.258 e. The SMILES string of the molecule is NC(=O)C1CCN(Cc2cccc(NC(=O)c3c(-n4cccc4)sc4c3CCCC4)c2)CC1. The van der Waals surface area contributed by atoms with Crippen molar-refractivity contribution in [1.82, 2.24) is 9.47 Å². The Morgan fingerprint density at radius 2 is 1.82 bits per heavy atom. The first-order chi connectivity index (χ1) is 16.1. The molecule has 1 fully saturated rings. The number of fused-ring (bicyclic) bond motifs is 1. The number of primary amides is 1. The first-order valence-electron chi connectivity index (χ1n) is 11.8. The van der Waals surface area contributed by atoms with Crippen molar-refractivity contribution in [2.75, 3.05) is 18.4 Å². The van der Waals surface area contributed by atoms with Gasteiger partial charge in [0.25, 0.3) is 5.91 Å². The van der Waals surface area contributed by atoms with Crippen molar-refractivity contribution in [3.05, 3.63) is 70.4 Å². The van der Waals surface area contributed by atoms with Crippen LogP contribution in [0.4, 0.5) is 5.69 Å². The van der Waals surface area contributed by atoms with Gasteiger partial charge in [0.15, 0.2) is 0 Å². The highest BCUT2D eigenvalue weighted by Gasteiger charge is 2.26. The van der Waals surface area contributed by atoms with Crippen LogP contribution >= 0.6 is 11.3 Å². The van der Waals surface area contributed by atoms with E-state index in [1.54, 1.807) is 11.3 Å². The molecule has 0 bridgehead atoms. The molecule has 3 heterocycles. The average molecular weight is 463 g/mol. The fraction of sp³-hybridized carbons (Fsp3) is 0.385. The second kappa shape index (κ2) is 9.53. The molecule has 1 aromatic carbocycles. The molecule has 2 aliphatic rings. The number of likely N-dealkylation sites (tertiary alicyclic amines) is 1. The van der Waals surface area contributed by atoms with Gasteiger partial charge in [0.2, 0.25) is 5.91 Å². The second-order valence-corrected chi connectivity index (χ2v) is 10.2. The van der Waals surface area contributed by atoms with Crippen LogP contribution in [0, 0.1) is 5.92 Å². The van der Waals surface area contributed by atoms with E-state index in [0.29, 0.717) is 0 Å². The maximum atomic E-state index is 13.5. The van der Waals surface area contributed by atoms with Crippen molar-refractivity contribution in [3.63, 3.8) is 0 Å². The number of piperidine rings is 1. The van der Waals surface area contributed by atoms with E-state index in [2.05, 4.69) is 26.9 Å². The minimum absolute atomic E-state index is 0.00194. The highest BCUT2D eigenvalue weighted by molar-refractivity contribution is 7.15. The summed E-state index contributed by atoms with van der Waals surface area (Å²) in [6.07, 6.45) is 10.0. The normalized spacial score (nSPS) is 17.0. The Kier molecular flexibility index (Phi) is 6.33. The highest BCUT2D eigenvalue weighted by Crippen LogP contribution is 2.37. The van der Waals surface area contributed by atoms with Crippen molar-refractivity contribution in [1.29, 1.82) is 0 Å². The number of rotatable bonds is 6. The summed E-state index contributed by atoms with van der Waals surface area (Å²) in [7, 11) is 0. The van der Waals surface area contributed by atoms with E-state index >= 15 is 0 Å². The predicted molar refractivity (Wildman–Crippen MR) is 132 cm³/mol. The number of nitrogens with one attached hydrogen (secondary N) is 1. The molecule has 172 valence electrons. The van der Waals surface area contributed by atoms with Gasteiger partial charge in [0.1, 0.15) is 5.00 Å². The number of benzene rings is 1. The summed E-state index contributed by atoms with van der Waals surface area (Å²) in [5, 5.41) is 4.18. The Labute approximate surface area is 198 Å². The minimum Gasteiger partial charge on any atom is -0.369 e. The fourth-order valence-corrected chi connectivity index (χ4v) is 6.36. The van der Waals surface area contributed by atoms with Crippen LogP contribution < -0.4 is 11.1 Å². The molecule has 0 spiro atoms. The van der Waals surface area contributed by atoms with Gasteiger partial charge in [-0.3, -0.25) is 14.5 Å². The second-order valence-electron chi connectivity index (χ2n) is 9.09. The van der Waals surface area contributed by atoms with E-state index < -0.39 is 0 Å². The number of hydrogen-bond acceptors (Lipinski definition) is 4. The van der Waals surface area contributed by atoms with Gasteiger partial charge in [-0.2, -0.15) is 0 Å². The van der Waals surface area contributed by atoms with E-state index in [0.717, 1.165) is 73.6 Å². The molecule has 33 heavy (non-hydrogen) atoms. The predicted octanol–water partition coefficient (Wildman–Crippen LogP) is 4.37. The molecule has 0 unspecified atom stereocenters. The van der Waals surface area contributed by atoms with Crippen LogP contribution in [-0.4, -0.2) is 34.4 Å². The Balaban J connectivity index is 1.32. The molecule has 0 saturated carbocycles. The summed E-state index contributed by atoms with van der Waals surface area (Å²) in [4.78, 5) is 28.6. The summed E-state index contributed by atoms with van der Waals surface area (Å²) in [5.74, 6) is -0.218. The summed E-state index contributed by atoms with van der Waals surface area (Å²) < 4.78 is 2.06. The number of anilines is 1. The maximum absolute atomic E-state index is 13.5.